The first-order valence-electron chi connectivity index (χ1n) is 6.04. The van der Waals surface area contributed by atoms with Crippen molar-refractivity contribution in [2.24, 2.45) is 0 Å². The van der Waals surface area contributed by atoms with Gasteiger partial charge in [0.25, 0.3) is 5.91 Å². The van der Waals surface area contributed by atoms with E-state index in [1.54, 1.807) is 6.07 Å². The molecule has 1 atom stereocenters. The zero-order valence-electron chi connectivity index (χ0n) is 10.7. The van der Waals surface area contributed by atoms with E-state index in [-0.39, 0.29) is 6.04 Å². The van der Waals surface area contributed by atoms with E-state index >= 15 is 0 Å². The Morgan fingerprint density at radius 2 is 2.17 bits per heavy atom. The maximum Gasteiger partial charge on any atom is 0.257 e. The number of aliphatic hydroxyl groups is 1. The number of carbonyl (C=O) groups excluding carboxylic acids is 1. The van der Waals surface area contributed by atoms with Crippen molar-refractivity contribution in [3.8, 4) is 0 Å². The van der Waals surface area contributed by atoms with Gasteiger partial charge in [-0.3, -0.25) is 4.79 Å². The van der Waals surface area contributed by atoms with Crippen LogP contribution >= 0.6 is 0 Å². The summed E-state index contributed by atoms with van der Waals surface area (Å²) in [5.74, 6) is -0.922. The third-order valence-corrected chi connectivity index (χ3v) is 3.19. The summed E-state index contributed by atoms with van der Waals surface area (Å²) in [7, 11) is 0. The van der Waals surface area contributed by atoms with E-state index in [1.807, 2.05) is 25.7 Å². The molecule has 0 spiro atoms. The minimum absolute atomic E-state index is 0.157. The molecule has 0 fully saturated rings. The second-order valence-corrected chi connectivity index (χ2v) is 4.66. The van der Waals surface area contributed by atoms with Gasteiger partial charge in [0.15, 0.2) is 6.10 Å². The molecule has 2 N–H and O–H groups in total. The lowest BCUT2D eigenvalue weighted by Gasteiger charge is -2.28. The van der Waals surface area contributed by atoms with E-state index in [9.17, 15) is 14.3 Å². The number of nitrogens with zero attached hydrogens (tertiary/aromatic N) is 1. The molecule has 0 saturated heterocycles. The van der Waals surface area contributed by atoms with Gasteiger partial charge in [-0.2, -0.15) is 0 Å². The number of nitrogens with one attached hydrogen (secondary N) is 1. The number of hydrogen-bond acceptors (Lipinski definition) is 3. The van der Waals surface area contributed by atoms with Crippen LogP contribution in [0.3, 0.4) is 0 Å². The predicted octanol–water partition coefficient (Wildman–Crippen LogP) is 2.05. The molecule has 0 radical (unpaired) electrons. The van der Waals surface area contributed by atoms with Crippen molar-refractivity contribution in [2.75, 3.05) is 16.8 Å². The molecule has 1 aromatic rings. The van der Waals surface area contributed by atoms with Crippen LogP contribution in [0.2, 0.25) is 0 Å². The molecule has 1 unspecified atom stereocenters. The van der Waals surface area contributed by atoms with Gasteiger partial charge >= 0.3 is 0 Å². The molecule has 0 aromatic heterocycles. The molecule has 0 bridgehead atoms. The van der Waals surface area contributed by atoms with Gasteiger partial charge in [0.2, 0.25) is 0 Å². The Morgan fingerprint density at radius 3 is 2.72 bits per heavy atom. The van der Waals surface area contributed by atoms with E-state index < -0.39 is 17.8 Å². The third kappa shape index (κ3) is 1.95. The monoisotopic (exact) mass is 252 g/mol. The topological polar surface area (TPSA) is 52.6 Å². The smallest absolute Gasteiger partial charge is 0.257 e. The molecule has 98 valence electrons. The number of anilines is 2. The Kier molecular flexibility index (Phi) is 3.26. The van der Waals surface area contributed by atoms with Crippen LogP contribution in [0.1, 0.15) is 32.4 Å². The van der Waals surface area contributed by atoms with E-state index in [2.05, 4.69) is 5.32 Å². The van der Waals surface area contributed by atoms with Crippen molar-refractivity contribution >= 4 is 17.3 Å². The number of carbonyl (C=O) groups is 1. The van der Waals surface area contributed by atoms with E-state index in [1.165, 1.54) is 6.07 Å². The van der Waals surface area contributed by atoms with Crippen molar-refractivity contribution < 1.29 is 14.3 Å². The Morgan fingerprint density at radius 1 is 1.50 bits per heavy atom. The number of amides is 1. The number of fused-ring (bicyclic) bond motifs is 1. The number of rotatable bonds is 3. The molecule has 1 aliphatic heterocycles. The van der Waals surface area contributed by atoms with Gasteiger partial charge < -0.3 is 15.3 Å². The summed E-state index contributed by atoms with van der Waals surface area (Å²) in [6, 6.07) is 2.98. The fourth-order valence-electron chi connectivity index (χ4n) is 2.29. The average Bonchev–Trinajstić information content (AvgIpc) is 2.56. The van der Waals surface area contributed by atoms with Crippen LogP contribution in [-0.2, 0) is 4.79 Å². The average molecular weight is 252 g/mol. The van der Waals surface area contributed by atoms with Gasteiger partial charge in [-0.05, 0) is 32.9 Å². The standard InChI is InChI=1S/C13H17FN2O2/c1-4-16(7(2)3)11-6-10-8(5-9(11)14)12(17)13(18)15-10/h5-7,12,17H,4H2,1-3H3,(H,15,18). The maximum atomic E-state index is 14.1. The first kappa shape index (κ1) is 12.8. The summed E-state index contributed by atoms with van der Waals surface area (Å²) < 4.78 is 14.1. The number of hydrogen-bond donors (Lipinski definition) is 2. The molecule has 0 saturated carbocycles. The highest BCUT2D eigenvalue weighted by Gasteiger charge is 2.30. The molecule has 1 aromatic carbocycles. The van der Waals surface area contributed by atoms with Crippen LogP contribution in [0.25, 0.3) is 0 Å². The Balaban J connectivity index is 2.47. The maximum absolute atomic E-state index is 14.1. The largest absolute Gasteiger partial charge is 0.378 e. The highest BCUT2D eigenvalue weighted by atomic mass is 19.1. The molecule has 18 heavy (non-hydrogen) atoms. The lowest BCUT2D eigenvalue weighted by molar-refractivity contribution is -0.123. The summed E-state index contributed by atoms with van der Waals surface area (Å²) >= 11 is 0. The zero-order valence-corrected chi connectivity index (χ0v) is 10.7. The molecule has 4 nitrogen and oxygen atoms in total. The van der Waals surface area contributed by atoms with Crippen LogP contribution in [0.4, 0.5) is 15.8 Å². The van der Waals surface area contributed by atoms with E-state index in [4.69, 9.17) is 0 Å². The lowest BCUT2D eigenvalue weighted by Crippen LogP contribution is -2.31. The highest BCUT2D eigenvalue weighted by molar-refractivity contribution is 6.02. The SMILES string of the molecule is CCN(c1cc2c(cc1F)C(O)C(=O)N2)C(C)C. The van der Waals surface area contributed by atoms with Gasteiger partial charge in [-0.15, -0.1) is 0 Å². The van der Waals surface area contributed by atoms with Gasteiger partial charge in [0.05, 0.1) is 5.69 Å². The minimum atomic E-state index is -1.27. The van der Waals surface area contributed by atoms with Gasteiger partial charge in [0.1, 0.15) is 5.82 Å². The molecular weight excluding hydrogens is 235 g/mol. The van der Waals surface area contributed by atoms with Gasteiger partial charge in [0, 0.05) is 23.8 Å². The van der Waals surface area contributed by atoms with Crippen molar-refractivity contribution in [3.63, 3.8) is 0 Å². The van der Waals surface area contributed by atoms with Crippen molar-refractivity contribution in [1.29, 1.82) is 0 Å². The van der Waals surface area contributed by atoms with Gasteiger partial charge in [-0.1, -0.05) is 0 Å². The second kappa shape index (κ2) is 4.57. The first-order chi connectivity index (χ1) is 8.45. The Labute approximate surface area is 105 Å². The fraction of sp³-hybridized carbons (Fsp3) is 0.462. The third-order valence-electron chi connectivity index (χ3n) is 3.19. The quantitative estimate of drug-likeness (QED) is 0.865. The highest BCUT2D eigenvalue weighted by Crippen LogP contribution is 2.36. The fourth-order valence-corrected chi connectivity index (χ4v) is 2.29. The van der Waals surface area contributed by atoms with Crippen LogP contribution < -0.4 is 10.2 Å². The summed E-state index contributed by atoms with van der Waals surface area (Å²) in [4.78, 5) is 13.2. The Hall–Kier alpha value is -1.62. The number of aliphatic hydroxyl groups excluding tert-OH is 1. The van der Waals surface area contributed by atoms with Crippen LogP contribution in [0.5, 0.6) is 0 Å². The molecule has 5 heteroatoms. The predicted molar refractivity (Wildman–Crippen MR) is 68.1 cm³/mol. The van der Waals surface area contributed by atoms with Crippen molar-refractivity contribution in [1.82, 2.24) is 0 Å². The molecule has 2 rings (SSSR count). The van der Waals surface area contributed by atoms with Crippen molar-refractivity contribution in [2.45, 2.75) is 32.9 Å². The summed E-state index contributed by atoms with van der Waals surface area (Å²) in [6.45, 7) is 6.57. The zero-order chi connectivity index (χ0) is 13.4. The minimum Gasteiger partial charge on any atom is -0.378 e. The number of halogens is 1. The van der Waals surface area contributed by atoms with E-state index in [0.29, 0.717) is 23.5 Å². The van der Waals surface area contributed by atoms with Gasteiger partial charge in [-0.25, -0.2) is 4.39 Å². The summed E-state index contributed by atoms with van der Waals surface area (Å²) in [6.07, 6.45) is -1.27. The first-order valence-corrected chi connectivity index (χ1v) is 6.04. The normalized spacial score (nSPS) is 17.9. The van der Waals surface area contributed by atoms with Crippen LogP contribution in [0.15, 0.2) is 12.1 Å². The summed E-state index contributed by atoms with van der Waals surface area (Å²) in [5.41, 5.74) is 1.24. The molecule has 1 amide bonds. The molecular formula is C13H17FN2O2. The Bertz CT molecular complexity index is 488. The summed E-state index contributed by atoms with van der Waals surface area (Å²) in [5, 5.41) is 12.1. The van der Waals surface area contributed by atoms with E-state index in [0.717, 1.165) is 0 Å². The number of benzene rings is 1. The van der Waals surface area contributed by atoms with Crippen LogP contribution in [0, 0.1) is 5.82 Å². The van der Waals surface area contributed by atoms with Crippen molar-refractivity contribution in [3.05, 3.63) is 23.5 Å². The molecule has 1 aliphatic rings. The molecule has 0 aliphatic carbocycles. The molecule has 1 heterocycles. The van der Waals surface area contributed by atoms with Crippen LogP contribution in [-0.4, -0.2) is 23.6 Å². The second-order valence-electron chi connectivity index (χ2n) is 4.66. The lowest BCUT2D eigenvalue weighted by atomic mass is 10.1.